The van der Waals surface area contributed by atoms with Gasteiger partial charge in [-0.25, -0.2) is 14.4 Å². The van der Waals surface area contributed by atoms with Crippen molar-refractivity contribution in [3.05, 3.63) is 78.1 Å². The van der Waals surface area contributed by atoms with Gasteiger partial charge in [0, 0.05) is 42.5 Å². The van der Waals surface area contributed by atoms with E-state index >= 15 is 0 Å². The van der Waals surface area contributed by atoms with E-state index in [9.17, 15) is 14.3 Å². The van der Waals surface area contributed by atoms with Crippen LogP contribution in [-0.2, 0) is 0 Å². The first kappa shape index (κ1) is 16.7. The van der Waals surface area contributed by atoms with Crippen molar-refractivity contribution in [2.24, 2.45) is 0 Å². The number of rotatable bonds is 5. The van der Waals surface area contributed by atoms with Crippen LogP contribution in [0.1, 0.15) is 22.0 Å². The van der Waals surface area contributed by atoms with Crippen LogP contribution in [0, 0.1) is 5.82 Å². The zero-order valence-electron chi connectivity index (χ0n) is 13.1. The Hall–Kier alpha value is -3.19. The zero-order chi connectivity index (χ0) is 17.6. The van der Waals surface area contributed by atoms with Gasteiger partial charge < -0.3 is 10.4 Å². The summed E-state index contributed by atoms with van der Waals surface area (Å²) in [6, 6.07) is 9.46. The maximum atomic E-state index is 13.6. The zero-order valence-corrected chi connectivity index (χ0v) is 13.1. The van der Waals surface area contributed by atoms with Crippen molar-refractivity contribution in [1.29, 1.82) is 0 Å². The Bertz CT molecular complexity index is 856. The quantitative estimate of drug-likeness (QED) is 0.744. The first-order valence-corrected chi connectivity index (χ1v) is 7.58. The summed E-state index contributed by atoms with van der Waals surface area (Å²) >= 11 is 0. The van der Waals surface area contributed by atoms with E-state index in [0.717, 1.165) is 5.56 Å². The molecule has 2 aromatic heterocycles. The number of nitrogens with one attached hydrogen (secondary N) is 1. The fraction of sp³-hybridized carbons (Fsp3) is 0.111. The lowest BCUT2D eigenvalue weighted by Gasteiger charge is -2.13. The normalized spacial score (nSPS) is 11.8. The summed E-state index contributed by atoms with van der Waals surface area (Å²) in [6.07, 6.45) is 4.91. The summed E-state index contributed by atoms with van der Waals surface area (Å²) in [6.45, 7) is -0.121. The lowest BCUT2D eigenvalue weighted by Crippen LogP contribution is -2.29. The van der Waals surface area contributed by atoms with Gasteiger partial charge in [-0.1, -0.05) is 18.2 Å². The van der Waals surface area contributed by atoms with E-state index in [1.807, 2.05) is 6.07 Å². The Labute approximate surface area is 143 Å². The smallest absolute Gasteiger partial charge is 0.254 e. The molecule has 3 aromatic rings. The van der Waals surface area contributed by atoms with Crippen LogP contribution >= 0.6 is 0 Å². The molecule has 6 nitrogen and oxygen atoms in total. The van der Waals surface area contributed by atoms with Crippen molar-refractivity contribution in [1.82, 2.24) is 20.3 Å². The number of halogens is 1. The molecule has 0 saturated carbocycles. The Morgan fingerprint density at radius 3 is 2.56 bits per heavy atom. The van der Waals surface area contributed by atoms with Crippen LogP contribution < -0.4 is 5.32 Å². The van der Waals surface area contributed by atoms with E-state index < -0.39 is 17.8 Å². The summed E-state index contributed by atoms with van der Waals surface area (Å²) in [5.74, 6) is -0.516. The van der Waals surface area contributed by atoms with Gasteiger partial charge in [0.05, 0.1) is 11.7 Å². The van der Waals surface area contributed by atoms with Crippen LogP contribution in [0.2, 0.25) is 0 Å². The number of aliphatic hydroxyl groups excluding tert-OH is 1. The monoisotopic (exact) mass is 338 g/mol. The number of hydrogen-bond acceptors (Lipinski definition) is 5. The number of aromatic nitrogens is 3. The topological polar surface area (TPSA) is 88.0 Å². The summed E-state index contributed by atoms with van der Waals surface area (Å²) in [5.41, 5.74) is 1.11. The number of carbonyl (C=O) groups excluding carboxylic acids is 1. The van der Waals surface area contributed by atoms with Gasteiger partial charge >= 0.3 is 0 Å². The molecular formula is C18H15FN4O2. The maximum Gasteiger partial charge on any atom is 0.254 e. The van der Waals surface area contributed by atoms with Crippen molar-refractivity contribution in [3.63, 3.8) is 0 Å². The Morgan fingerprint density at radius 1 is 1.12 bits per heavy atom. The second-order valence-electron chi connectivity index (χ2n) is 5.28. The third-order valence-corrected chi connectivity index (χ3v) is 3.55. The molecule has 0 aliphatic rings. The molecule has 25 heavy (non-hydrogen) atoms. The van der Waals surface area contributed by atoms with Gasteiger partial charge in [-0.15, -0.1) is 0 Å². The SMILES string of the molecule is O=C(NC[C@@H](O)c1ccccc1F)c1cnc(-c2cccnc2)nc1. The molecule has 126 valence electrons. The van der Waals surface area contributed by atoms with E-state index in [0.29, 0.717) is 5.82 Å². The highest BCUT2D eigenvalue weighted by atomic mass is 19.1. The Morgan fingerprint density at radius 2 is 1.88 bits per heavy atom. The molecule has 0 aliphatic carbocycles. The van der Waals surface area contributed by atoms with E-state index in [4.69, 9.17) is 0 Å². The highest BCUT2D eigenvalue weighted by Gasteiger charge is 2.14. The summed E-state index contributed by atoms with van der Waals surface area (Å²) in [4.78, 5) is 24.4. The molecule has 2 N–H and O–H groups in total. The molecule has 0 unspecified atom stereocenters. The van der Waals surface area contributed by atoms with Crippen LogP contribution in [0.15, 0.2) is 61.2 Å². The Kier molecular flexibility index (Phi) is 5.06. The fourth-order valence-electron chi connectivity index (χ4n) is 2.24. The number of carbonyl (C=O) groups is 1. The van der Waals surface area contributed by atoms with Crippen LogP contribution in [0.5, 0.6) is 0 Å². The molecular weight excluding hydrogens is 323 g/mol. The molecule has 0 radical (unpaired) electrons. The summed E-state index contributed by atoms with van der Waals surface area (Å²) in [5, 5.41) is 12.5. The average Bonchev–Trinajstić information content (AvgIpc) is 2.67. The molecule has 0 bridgehead atoms. The molecule has 0 saturated heterocycles. The van der Waals surface area contributed by atoms with E-state index in [-0.39, 0.29) is 17.7 Å². The minimum atomic E-state index is -1.14. The van der Waals surface area contributed by atoms with Crippen molar-refractivity contribution in [2.45, 2.75) is 6.10 Å². The first-order chi connectivity index (χ1) is 12.1. The number of hydrogen-bond donors (Lipinski definition) is 2. The third-order valence-electron chi connectivity index (χ3n) is 3.55. The number of pyridine rings is 1. The molecule has 2 heterocycles. The number of aliphatic hydroxyl groups is 1. The minimum Gasteiger partial charge on any atom is -0.386 e. The van der Waals surface area contributed by atoms with Gasteiger partial charge in [-0.3, -0.25) is 9.78 Å². The molecule has 1 atom stereocenters. The van der Waals surface area contributed by atoms with Crippen molar-refractivity contribution in [3.8, 4) is 11.4 Å². The van der Waals surface area contributed by atoms with Crippen molar-refractivity contribution >= 4 is 5.91 Å². The highest BCUT2D eigenvalue weighted by Crippen LogP contribution is 2.16. The molecule has 1 aromatic carbocycles. The largest absolute Gasteiger partial charge is 0.386 e. The van der Waals surface area contributed by atoms with Crippen molar-refractivity contribution < 1.29 is 14.3 Å². The lowest BCUT2D eigenvalue weighted by molar-refractivity contribution is 0.0913. The number of nitrogens with zero attached hydrogens (tertiary/aromatic N) is 3. The van der Waals surface area contributed by atoms with Crippen LogP contribution in [0.25, 0.3) is 11.4 Å². The number of amides is 1. The van der Waals surface area contributed by atoms with Crippen molar-refractivity contribution in [2.75, 3.05) is 6.54 Å². The predicted molar refractivity (Wildman–Crippen MR) is 89.0 cm³/mol. The van der Waals surface area contributed by atoms with Gasteiger partial charge in [0.25, 0.3) is 5.91 Å². The van der Waals surface area contributed by atoms with Crippen LogP contribution in [0.4, 0.5) is 4.39 Å². The standard InChI is InChI=1S/C18H15FN4O2/c19-15-6-2-1-5-14(15)16(24)11-23-18(25)13-9-21-17(22-10-13)12-4-3-7-20-8-12/h1-10,16,24H,11H2,(H,23,25)/t16-/m1/s1. The number of benzene rings is 1. The van der Waals surface area contributed by atoms with Gasteiger partial charge in [-0.2, -0.15) is 0 Å². The lowest BCUT2D eigenvalue weighted by atomic mass is 10.1. The molecule has 1 amide bonds. The van der Waals surface area contributed by atoms with Gasteiger partial charge in [0.1, 0.15) is 5.82 Å². The van der Waals surface area contributed by atoms with E-state index in [2.05, 4.69) is 20.3 Å². The first-order valence-electron chi connectivity index (χ1n) is 7.58. The highest BCUT2D eigenvalue weighted by molar-refractivity contribution is 5.93. The fourth-order valence-corrected chi connectivity index (χ4v) is 2.24. The third kappa shape index (κ3) is 4.02. The van der Waals surface area contributed by atoms with Gasteiger partial charge in [0.15, 0.2) is 5.82 Å². The van der Waals surface area contributed by atoms with Crippen LogP contribution in [-0.4, -0.2) is 32.5 Å². The van der Waals surface area contributed by atoms with Gasteiger partial charge in [0.2, 0.25) is 0 Å². The van der Waals surface area contributed by atoms with E-state index in [1.165, 1.54) is 30.6 Å². The van der Waals surface area contributed by atoms with Gasteiger partial charge in [-0.05, 0) is 18.2 Å². The second-order valence-corrected chi connectivity index (χ2v) is 5.28. The molecule has 0 aliphatic heterocycles. The molecule has 0 fully saturated rings. The summed E-state index contributed by atoms with van der Waals surface area (Å²) < 4.78 is 13.6. The Balaban J connectivity index is 1.63. The van der Waals surface area contributed by atoms with E-state index in [1.54, 1.807) is 24.5 Å². The van der Waals surface area contributed by atoms with Crippen LogP contribution in [0.3, 0.4) is 0 Å². The average molecular weight is 338 g/mol. The minimum absolute atomic E-state index is 0.121. The maximum absolute atomic E-state index is 13.6. The molecule has 3 rings (SSSR count). The molecule has 0 spiro atoms. The predicted octanol–water partition coefficient (Wildman–Crippen LogP) is 2.14. The molecule has 7 heteroatoms. The second kappa shape index (κ2) is 7.59. The summed E-state index contributed by atoms with van der Waals surface area (Å²) in [7, 11) is 0.